The summed E-state index contributed by atoms with van der Waals surface area (Å²) in [5.41, 5.74) is 2.26. The van der Waals surface area contributed by atoms with Gasteiger partial charge in [0.2, 0.25) is 0 Å². The molecule has 0 aliphatic carbocycles. The van der Waals surface area contributed by atoms with Gasteiger partial charge in [0.1, 0.15) is 0 Å². The molecule has 0 fully saturated rings. The maximum absolute atomic E-state index is 4.91. The topological polar surface area (TPSA) is 12.9 Å². The monoisotopic (exact) mass is 351 g/mol. The minimum absolute atomic E-state index is 0.942. The molecule has 0 unspecified atom stereocenters. The molecule has 134 valence electrons. The highest BCUT2D eigenvalue weighted by molar-refractivity contribution is 6.27. The molecule has 0 aliphatic rings. The summed E-state index contributed by atoms with van der Waals surface area (Å²) in [6, 6.07) is 26.1. The Kier molecular flexibility index (Phi) is 4.77. The van der Waals surface area contributed by atoms with Crippen molar-refractivity contribution in [3.8, 4) is 0 Å². The Morgan fingerprint density at radius 1 is 0.593 bits per heavy atom. The van der Waals surface area contributed by atoms with Gasteiger partial charge in [-0.25, -0.2) is 0 Å². The first-order valence-electron chi connectivity index (χ1n) is 9.90. The Morgan fingerprint density at radius 2 is 1.22 bits per heavy atom. The lowest BCUT2D eigenvalue weighted by Crippen LogP contribution is -1.93. The molecule has 1 heteroatoms. The molecule has 0 saturated carbocycles. The standard InChI is InChI=1S/C23H17N.C3H8/c1-2-20-19-14-13-16-12-11-15-7-3-4-8-17(15)22(16)23(19)18-9-5-6-10-21(18)24-20;1-3-2/h3-14H,2H2,1H3;3H2,1-2H3. The molecule has 0 aliphatic heterocycles. The molecule has 0 amide bonds. The number of benzene rings is 4. The molecule has 1 heterocycles. The molecule has 0 spiro atoms. The van der Waals surface area contributed by atoms with Gasteiger partial charge in [-0.2, -0.15) is 0 Å². The fourth-order valence-electron chi connectivity index (χ4n) is 3.88. The maximum Gasteiger partial charge on any atom is 0.0712 e. The lowest BCUT2D eigenvalue weighted by molar-refractivity contribution is 1.08. The highest BCUT2D eigenvalue weighted by Gasteiger charge is 2.12. The molecule has 1 aromatic heterocycles. The lowest BCUT2D eigenvalue weighted by Gasteiger charge is -2.13. The number of nitrogens with zero attached hydrogens (tertiary/aromatic N) is 1. The van der Waals surface area contributed by atoms with Crippen LogP contribution in [0.25, 0.3) is 43.2 Å². The molecular weight excluding hydrogens is 326 g/mol. The van der Waals surface area contributed by atoms with Gasteiger partial charge in [0.15, 0.2) is 0 Å². The van der Waals surface area contributed by atoms with Gasteiger partial charge in [-0.3, -0.25) is 4.98 Å². The summed E-state index contributed by atoms with van der Waals surface area (Å²) in [4.78, 5) is 4.91. The molecule has 0 saturated heterocycles. The average molecular weight is 351 g/mol. The number of hydrogen-bond donors (Lipinski definition) is 0. The van der Waals surface area contributed by atoms with E-state index in [0.717, 1.165) is 11.9 Å². The molecule has 0 N–H and O–H groups in total. The van der Waals surface area contributed by atoms with Gasteiger partial charge in [-0.1, -0.05) is 93.9 Å². The number of aromatic nitrogens is 1. The molecule has 0 bridgehead atoms. The number of fused-ring (bicyclic) bond motifs is 7. The number of rotatable bonds is 1. The van der Waals surface area contributed by atoms with Crippen LogP contribution < -0.4 is 0 Å². The van der Waals surface area contributed by atoms with Crippen LogP contribution >= 0.6 is 0 Å². The van der Waals surface area contributed by atoms with Crippen molar-refractivity contribution in [2.24, 2.45) is 0 Å². The Bertz CT molecular complexity index is 1250. The van der Waals surface area contributed by atoms with Crippen LogP contribution in [0.4, 0.5) is 0 Å². The van der Waals surface area contributed by atoms with Crippen molar-refractivity contribution >= 4 is 43.2 Å². The largest absolute Gasteiger partial charge is 0.252 e. The van der Waals surface area contributed by atoms with Gasteiger partial charge in [-0.15, -0.1) is 0 Å². The summed E-state index contributed by atoms with van der Waals surface area (Å²) in [6.45, 7) is 6.43. The van der Waals surface area contributed by atoms with Crippen LogP contribution in [0.2, 0.25) is 0 Å². The van der Waals surface area contributed by atoms with E-state index < -0.39 is 0 Å². The van der Waals surface area contributed by atoms with Crippen molar-refractivity contribution < 1.29 is 0 Å². The van der Waals surface area contributed by atoms with Crippen molar-refractivity contribution in [1.82, 2.24) is 4.98 Å². The summed E-state index contributed by atoms with van der Waals surface area (Å²) in [7, 11) is 0. The van der Waals surface area contributed by atoms with E-state index in [1.807, 2.05) is 0 Å². The Morgan fingerprint density at radius 3 is 2.00 bits per heavy atom. The second kappa shape index (κ2) is 7.36. The third-order valence-corrected chi connectivity index (χ3v) is 4.98. The Hall–Kier alpha value is -2.93. The first-order chi connectivity index (χ1) is 13.3. The SMILES string of the molecule is CCC.CCc1nc2ccccc2c2c1ccc1ccc3ccccc3c12. The second-order valence-electron chi connectivity index (χ2n) is 7.01. The van der Waals surface area contributed by atoms with E-state index in [4.69, 9.17) is 4.98 Å². The van der Waals surface area contributed by atoms with E-state index in [-0.39, 0.29) is 0 Å². The van der Waals surface area contributed by atoms with E-state index in [1.165, 1.54) is 49.8 Å². The van der Waals surface area contributed by atoms with Crippen molar-refractivity contribution in [3.05, 3.63) is 78.5 Å². The average Bonchev–Trinajstić information content (AvgIpc) is 2.73. The summed E-state index contributed by atoms with van der Waals surface area (Å²) >= 11 is 0. The molecular formula is C26H25N. The van der Waals surface area contributed by atoms with Crippen molar-refractivity contribution in [1.29, 1.82) is 0 Å². The van der Waals surface area contributed by atoms with E-state index in [2.05, 4.69) is 93.6 Å². The quantitative estimate of drug-likeness (QED) is 0.282. The molecule has 1 nitrogen and oxygen atoms in total. The zero-order valence-electron chi connectivity index (χ0n) is 16.3. The fraction of sp³-hybridized carbons (Fsp3) is 0.192. The van der Waals surface area contributed by atoms with Crippen LogP contribution in [0.1, 0.15) is 32.9 Å². The van der Waals surface area contributed by atoms with Crippen LogP contribution in [-0.2, 0) is 6.42 Å². The number of aryl methyl sites for hydroxylation is 1. The van der Waals surface area contributed by atoms with Crippen LogP contribution in [0.3, 0.4) is 0 Å². The van der Waals surface area contributed by atoms with Crippen molar-refractivity contribution in [2.75, 3.05) is 0 Å². The smallest absolute Gasteiger partial charge is 0.0712 e. The van der Waals surface area contributed by atoms with Crippen LogP contribution in [-0.4, -0.2) is 4.98 Å². The highest BCUT2D eigenvalue weighted by Crippen LogP contribution is 2.37. The van der Waals surface area contributed by atoms with Gasteiger partial charge >= 0.3 is 0 Å². The summed E-state index contributed by atoms with van der Waals surface area (Å²) in [5.74, 6) is 0. The van der Waals surface area contributed by atoms with E-state index in [9.17, 15) is 0 Å². The Labute approximate surface area is 160 Å². The van der Waals surface area contributed by atoms with Crippen LogP contribution in [0.5, 0.6) is 0 Å². The predicted molar refractivity (Wildman–Crippen MR) is 120 cm³/mol. The van der Waals surface area contributed by atoms with Gasteiger partial charge in [0.05, 0.1) is 5.52 Å². The molecule has 5 rings (SSSR count). The van der Waals surface area contributed by atoms with Crippen molar-refractivity contribution in [2.45, 2.75) is 33.6 Å². The maximum atomic E-state index is 4.91. The van der Waals surface area contributed by atoms with Crippen LogP contribution in [0, 0.1) is 0 Å². The molecule has 27 heavy (non-hydrogen) atoms. The fourth-order valence-corrected chi connectivity index (χ4v) is 3.88. The zero-order chi connectivity index (χ0) is 18.8. The van der Waals surface area contributed by atoms with Gasteiger partial charge < -0.3 is 0 Å². The van der Waals surface area contributed by atoms with Gasteiger partial charge in [0, 0.05) is 21.9 Å². The van der Waals surface area contributed by atoms with Crippen LogP contribution in [0.15, 0.2) is 72.8 Å². The molecule has 5 aromatic rings. The lowest BCUT2D eigenvalue weighted by atomic mass is 9.93. The third-order valence-electron chi connectivity index (χ3n) is 4.98. The van der Waals surface area contributed by atoms with E-state index in [1.54, 1.807) is 0 Å². The normalized spacial score (nSPS) is 11.1. The first kappa shape index (κ1) is 17.5. The van der Waals surface area contributed by atoms with Crippen molar-refractivity contribution in [3.63, 3.8) is 0 Å². The number of pyridine rings is 1. The summed E-state index contributed by atoms with van der Waals surface area (Å²) < 4.78 is 0. The second-order valence-corrected chi connectivity index (χ2v) is 7.01. The summed E-state index contributed by atoms with van der Waals surface area (Å²) in [5, 5.41) is 9.10. The predicted octanol–water partition coefficient (Wildman–Crippen LogP) is 7.67. The summed E-state index contributed by atoms with van der Waals surface area (Å²) in [6.07, 6.45) is 2.19. The third kappa shape index (κ3) is 2.94. The minimum atomic E-state index is 0.942. The Balaban J connectivity index is 0.000000565. The molecule has 0 radical (unpaired) electrons. The van der Waals surface area contributed by atoms with E-state index >= 15 is 0 Å². The van der Waals surface area contributed by atoms with Gasteiger partial charge in [0.25, 0.3) is 0 Å². The minimum Gasteiger partial charge on any atom is -0.252 e. The highest BCUT2D eigenvalue weighted by atomic mass is 14.7. The number of para-hydroxylation sites is 1. The van der Waals surface area contributed by atoms with Gasteiger partial charge in [-0.05, 0) is 34.0 Å². The first-order valence-corrected chi connectivity index (χ1v) is 9.90. The zero-order valence-corrected chi connectivity index (χ0v) is 16.3. The number of hydrogen-bond acceptors (Lipinski definition) is 1. The molecule has 0 atom stereocenters. The molecule has 4 aromatic carbocycles. The van der Waals surface area contributed by atoms with E-state index in [0.29, 0.717) is 0 Å².